The van der Waals surface area contributed by atoms with Crippen LogP contribution in [0, 0.1) is 18.3 Å². The molecule has 0 heterocycles. The average Bonchev–Trinajstić information content (AvgIpc) is 1.96. The highest BCUT2D eigenvalue weighted by atomic mass is 16.6. The number of hydrogen-bond donors (Lipinski definition) is 1. The molecule has 0 rings (SSSR count). The molecule has 0 aromatic heterocycles. The molecule has 0 spiro atoms. The van der Waals surface area contributed by atoms with Gasteiger partial charge in [-0.25, -0.2) is 4.79 Å². The van der Waals surface area contributed by atoms with Gasteiger partial charge in [0.05, 0.1) is 6.04 Å². The first kappa shape index (κ1) is 12.8. The molecule has 1 amide bonds. The Balaban J connectivity index is 4.13. The van der Waals surface area contributed by atoms with Crippen LogP contribution in [0.3, 0.4) is 0 Å². The minimum absolute atomic E-state index is 0.201. The molecular weight excluding hydrogens is 178 g/mol. The van der Waals surface area contributed by atoms with Gasteiger partial charge in [-0.15, -0.1) is 6.42 Å². The third kappa shape index (κ3) is 5.47. The third-order valence-electron chi connectivity index (χ3n) is 1.52. The highest BCUT2D eigenvalue weighted by Gasteiger charge is 2.19. The molecule has 1 atom stereocenters. The van der Waals surface area contributed by atoms with Crippen molar-refractivity contribution >= 4 is 6.09 Å². The minimum Gasteiger partial charge on any atom is -0.444 e. The first-order valence-electron chi connectivity index (χ1n) is 4.72. The van der Waals surface area contributed by atoms with Crippen LogP contribution in [0.4, 0.5) is 4.79 Å². The Morgan fingerprint density at radius 1 is 1.43 bits per heavy atom. The fourth-order valence-electron chi connectivity index (χ4n) is 0.835. The Hall–Kier alpha value is -1.17. The largest absolute Gasteiger partial charge is 0.444 e. The van der Waals surface area contributed by atoms with Gasteiger partial charge in [0.15, 0.2) is 0 Å². The molecule has 0 bridgehead atoms. The zero-order chi connectivity index (χ0) is 11.4. The molecule has 1 N–H and O–H groups in total. The van der Waals surface area contributed by atoms with E-state index in [4.69, 9.17) is 11.2 Å². The van der Waals surface area contributed by atoms with Crippen LogP contribution in [0.15, 0.2) is 0 Å². The molecule has 0 aliphatic heterocycles. The van der Waals surface area contributed by atoms with Crippen LogP contribution >= 0.6 is 0 Å². The summed E-state index contributed by atoms with van der Waals surface area (Å²) in [5.41, 5.74) is -0.486. The van der Waals surface area contributed by atoms with Crippen molar-refractivity contribution in [3.05, 3.63) is 0 Å². The molecule has 3 nitrogen and oxygen atoms in total. The topological polar surface area (TPSA) is 38.3 Å². The Morgan fingerprint density at radius 3 is 2.21 bits per heavy atom. The van der Waals surface area contributed by atoms with Crippen molar-refractivity contribution in [2.75, 3.05) is 0 Å². The lowest BCUT2D eigenvalue weighted by Gasteiger charge is -2.22. The van der Waals surface area contributed by atoms with E-state index in [1.807, 2.05) is 34.6 Å². The maximum absolute atomic E-state index is 11.3. The van der Waals surface area contributed by atoms with Gasteiger partial charge < -0.3 is 10.1 Å². The number of carbonyl (C=O) groups excluding carboxylic acids is 1. The predicted octanol–water partition coefficient (Wildman–Crippen LogP) is 2.17. The fourth-order valence-corrected chi connectivity index (χ4v) is 0.835. The number of nitrogens with one attached hydrogen (secondary N) is 1. The molecule has 80 valence electrons. The van der Waals surface area contributed by atoms with Crippen molar-refractivity contribution in [2.45, 2.75) is 46.3 Å². The van der Waals surface area contributed by atoms with E-state index in [2.05, 4.69) is 11.2 Å². The Bertz CT molecular complexity index is 233. The fraction of sp³-hybridized carbons (Fsp3) is 0.727. The Kier molecular flexibility index (Phi) is 4.49. The van der Waals surface area contributed by atoms with Crippen LogP contribution in [-0.4, -0.2) is 17.7 Å². The van der Waals surface area contributed by atoms with E-state index in [1.165, 1.54) is 0 Å². The monoisotopic (exact) mass is 197 g/mol. The zero-order valence-corrected chi connectivity index (χ0v) is 9.55. The van der Waals surface area contributed by atoms with E-state index in [1.54, 1.807) is 0 Å². The lowest BCUT2D eigenvalue weighted by molar-refractivity contribution is 0.0506. The van der Waals surface area contributed by atoms with E-state index < -0.39 is 11.7 Å². The average molecular weight is 197 g/mol. The molecule has 0 aliphatic carbocycles. The number of amides is 1. The van der Waals surface area contributed by atoms with Gasteiger partial charge in [0.25, 0.3) is 0 Å². The number of alkyl carbamates (subject to hydrolysis) is 1. The molecule has 0 fully saturated rings. The normalized spacial score (nSPS) is 13.2. The Morgan fingerprint density at radius 2 is 1.93 bits per heavy atom. The summed E-state index contributed by atoms with van der Waals surface area (Å²) in [6, 6.07) is -0.273. The predicted molar refractivity (Wildman–Crippen MR) is 56.8 cm³/mol. The lowest BCUT2D eigenvalue weighted by Crippen LogP contribution is -2.40. The van der Waals surface area contributed by atoms with E-state index >= 15 is 0 Å². The zero-order valence-electron chi connectivity index (χ0n) is 9.55. The van der Waals surface area contributed by atoms with Gasteiger partial charge in [-0.3, -0.25) is 0 Å². The molecule has 0 aromatic carbocycles. The molecule has 0 aliphatic rings. The minimum atomic E-state index is -0.486. The van der Waals surface area contributed by atoms with E-state index in [9.17, 15) is 4.79 Å². The highest BCUT2D eigenvalue weighted by molar-refractivity contribution is 5.68. The summed E-state index contributed by atoms with van der Waals surface area (Å²) < 4.78 is 5.07. The Labute approximate surface area is 86.2 Å². The van der Waals surface area contributed by atoms with Crippen molar-refractivity contribution in [1.29, 1.82) is 0 Å². The van der Waals surface area contributed by atoms with Crippen molar-refractivity contribution in [1.82, 2.24) is 5.32 Å². The lowest BCUT2D eigenvalue weighted by atomic mass is 10.1. The summed E-state index contributed by atoms with van der Waals surface area (Å²) in [7, 11) is 0. The summed E-state index contributed by atoms with van der Waals surface area (Å²) in [5.74, 6) is 2.71. The summed E-state index contributed by atoms with van der Waals surface area (Å²) in [4.78, 5) is 11.3. The summed E-state index contributed by atoms with van der Waals surface area (Å²) >= 11 is 0. The third-order valence-corrected chi connectivity index (χ3v) is 1.52. The van der Waals surface area contributed by atoms with Gasteiger partial charge >= 0.3 is 6.09 Å². The number of carbonyl (C=O) groups is 1. The molecule has 3 heteroatoms. The van der Waals surface area contributed by atoms with Gasteiger partial charge in [-0.2, -0.15) is 0 Å². The van der Waals surface area contributed by atoms with Gasteiger partial charge in [0.1, 0.15) is 5.60 Å². The van der Waals surface area contributed by atoms with E-state index in [-0.39, 0.29) is 12.0 Å². The number of hydrogen-bond acceptors (Lipinski definition) is 2. The molecular formula is C11H19NO2. The van der Waals surface area contributed by atoms with Crippen LogP contribution in [0.2, 0.25) is 0 Å². The number of rotatable bonds is 2. The van der Waals surface area contributed by atoms with Crippen molar-refractivity contribution in [3.63, 3.8) is 0 Å². The summed E-state index contributed by atoms with van der Waals surface area (Å²) in [6.45, 7) is 9.33. The number of ether oxygens (including phenoxy) is 1. The summed E-state index contributed by atoms with van der Waals surface area (Å²) in [5, 5.41) is 2.63. The highest BCUT2D eigenvalue weighted by Crippen LogP contribution is 2.08. The van der Waals surface area contributed by atoms with Gasteiger partial charge in [0, 0.05) is 0 Å². The molecule has 0 saturated heterocycles. The van der Waals surface area contributed by atoms with Gasteiger partial charge in [-0.1, -0.05) is 19.8 Å². The maximum atomic E-state index is 11.3. The van der Waals surface area contributed by atoms with Gasteiger partial charge in [-0.05, 0) is 26.7 Å². The SMILES string of the molecule is C#C[C@H](NC(=O)OC(C)(C)C)C(C)C. The second kappa shape index (κ2) is 4.90. The van der Waals surface area contributed by atoms with E-state index in [0.717, 1.165) is 0 Å². The van der Waals surface area contributed by atoms with E-state index in [0.29, 0.717) is 0 Å². The molecule has 0 saturated carbocycles. The smallest absolute Gasteiger partial charge is 0.408 e. The summed E-state index contributed by atoms with van der Waals surface area (Å²) in [6.07, 6.45) is 4.80. The molecule has 0 aromatic rings. The van der Waals surface area contributed by atoms with Gasteiger partial charge in [0.2, 0.25) is 0 Å². The standard InChI is InChI=1S/C11H19NO2/c1-7-9(8(2)3)12-10(13)14-11(4,5)6/h1,8-9H,2-6H3,(H,12,13)/t9-/m0/s1. The van der Waals surface area contributed by atoms with Crippen LogP contribution < -0.4 is 5.32 Å². The van der Waals surface area contributed by atoms with Crippen molar-refractivity contribution < 1.29 is 9.53 Å². The second-order valence-corrected chi connectivity index (χ2v) is 4.53. The maximum Gasteiger partial charge on any atom is 0.408 e. The van der Waals surface area contributed by atoms with Crippen LogP contribution in [0.5, 0.6) is 0 Å². The first-order chi connectivity index (χ1) is 6.26. The number of terminal acetylenes is 1. The molecule has 0 unspecified atom stereocenters. The van der Waals surface area contributed by atoms with Crippen molar-refractivity contribution in [3.8, 4) is 12.3 Å². The van der Waals surface area contributed by atoms with Crippen LogP contribution in [0.1, 0.15) is 34.6 Å². The quantitative estimate of drug-likeness (QED) is 0.689. The van der Waals surface area contributed by atoms with Crippen molar-refractivity contribution in [2.24, 2.45) is 5.92 Å². The molecule has 14 heavy (non-hydrogen) atoms. The van der Waals surface area contributed by atoms with Crippen LogP contribution in [0.25, 0.3) is 0 Å². The first-order valence-corrected chi connectivity index (χ1v) is 4.72. The molecule has 0 radical (unpaired) electrons. The van der Waals surface area contributed by atoms with Crippen LogP contribution in [-0.2, 0) is 4.74 Å². The second-order valence-electron chi connectivity index (χ2n) is 4.53.